The van der Waals surface area contributed by atoms with Gasteiger partial charge in [-0.15, -0.1) is 11.8 Å². The van der Waals surface area contributed by atoms with Gasteiger partial charge in [-0.25, -0.2) is 0 Å². The van der Waals surface area contributed by atoms with E-state index in [2.05, 4.69) is 5.32 Å². The summed E-state index contributed by atoms with van der Waals surface area (Å²) in [6.07, 6.45) is -0.0892. The molecule has 0 heterocycles. The summed E-state index contributed by atoms with van der Waals surface area (Å²) in [5, 5.41) is 10.9. The quantitative estimate of drug-likeness (QED) is 0.760. The Morgan fingerprint density at radius 1 is 1.27 bits per heavy atom. The van der Waals surface area contributed by atoms with Crippen LogP contribution >= 0.6 is 11.8 Å². The molecular formula is C15H20N2O4S. The van der Waals surface area contributed by atoms with Gasteiger partial charge in [-0.3, -0.25) is 14.4 Å². The maximum atomic E-state index is 12.0. The Morgan fingerprint density at radius 3 is 2.50 bits per heavy atom. The number of rotatable bonds is 8. The lowest BCUT2D eigenvalue weighted by Gasteiger charge is -2.20. The van der Waals surface area contributed by atoms with E-state index < -0.39 is 11.2 Å². The Bertz CT molecular complexity index is 522. The largest absolute Gasteiger partial charge is 0.481 e. The molecule has 0 bridgehead atoms. The van der Waals surface area contributed by atoms with Gasteiger partial charge in [0, 0.05) is 19.3 Å². The molecule has 1 aromatic rings. The van der Waals surface area contributed by atoms with Gasteiger partial charge in [0.1, 0.15) is 0 Å². The Morgan fingerprint density at radius 2 is 1.91 bits per heavy atom. The van der Waals surface area contributed by atoms with Crippen LogP contribution in [0.3, 0.4) is 0 Å². The fourth-order valence-electron chi connectivity index (χ4n) is 1.67. The van der Waals surface area contributed by atoms with Gasteiger partial charge in [0.05, 0.1) is 17.4 Å². The van der Waals surface area contributed by atoms with Crippen LogP contribution in [-0.2, 0) is 14.4 Å². The van der Waals surface area contributed by atoms with Crippen LogP contribution < -0.4 is 5.32 Å². The molecule has 7 heteroatoms. The van der Waals surface area contributed by atoms with Gasteiger partial charge in [0.2, 0.25) is 11.8 Å². The second-order valence-corrected chi connectivity index (χ2v) is 6.10. The normalized spacial score (nSPS) is 11.5. The van der Waals surface area contributed by atoms with Crippen molar-refractivity contribution in [2.75, 3.05) is 24.7 Å². The third-order valence-electron chi connectivity index (χ3n) is 2.91. The maximum Gasteiger partial charge on any atom is 0.305 e. The minimum atomic E-state index is -0.942. The van der Waals surface area contributed by atoms with Crippen LogP contribution in [-0.4, -0.2) is 52.4 Å². The number of hydrogen-bond acceptors (Lipinski definition) is 4. The highest BCUT2D eigenvalue weighted by Crippen LogP contribution is 2.14. The van der Waals surface area contributed by atoms with Gasteiger partial charge in [-0.05, 0) is 19.1 Å². The number of carboxylic acid groups (broad SMARTS) is 1. The number of anilines is 1. The average molecular weight is 324 g/mol. The highest BCUT2D eigenvalue weighted by Gasteiger charge is 2.19. The minimum Gasteiger partial charge on any atom is -0.481 e. The van der Waals surface area contributed by atoms with Crippen molar-refractivity contribution < 1.29 is 19.5 Å². The highest BCUT2D eigenvalue weighted by atomic mass is 32.2. The fourth-order valence-corrected chi connectivity index (χ4v) is 2.47. The van der Waals surface area contributed by atoms with Crippen molar-refractivity contribution in [1.29, 1.82) is 0 Å². The molecule has 0 spiro atoms. The zero-order valence-electron chi connectivity index (χ0n) is 12.6. The SMILES string of the molecule is CC(SCC(=O)Nc1ccccc1)C(=O)N(C)CCC(=O)O. The zero-order chi connectivity index (χ0) is 16.5. The van der Waals surface area contributed by atoms with Crippen LogP contribution in [0, 0.1) is 0 Å². The topological polar surface area (TPSA) is 86.7 Å². The van der Waals surface area contributed by atoms with Crippen molar-refractivity contribution in [2.45, 2.75) is 18.6 Å². The standard InChI is InChI=1S/C15H20N2O4S/c1-11(15(21)17(2)9-8-14(19)20)22-10-13(18)16-12-6-4-3-5-7-12/h3-7,11H,8-10H2,1-2H3,(H,16,18)(H,19,20). The van der Waals surface area contributed by atoms with E-state index in [0.717, 1.165) is 0 Å². The number of hydrogen-bond donors (Lipinski definition) is 2. The summed E-state index contributed by atoms with van der Waals surface area (Å²) >= 11 is 1.22. The number of carboxylic acids is 1. The number of carbonyl (C=O) groups is 3. The monoisotopic (exact) mass is 324 g/mol. The smallest absolute Gasteiger partial charge is 0.305 e. The van der Waals surface area contributed by atoms with E-state index in [1.54, 1.807) is 26.1 Å². The predicted octanol–water partition coefficient (Wildman–Crippen LogP) is 1.68. The fraction of sp³-hybridized carbons (Fsp3) is 0.400. The Labute approximate surface area is 133 Å². The highest BCUT2D eigenvalue weighted by molar-refractivity contribution is 8.01. The molecule has 2 amide bonds. The molecule has 0 aromatic heterocycles. The molecule has 6 nitrogen and oxygen atoms in total. The van der Waals surface area contributed by atoms with Crippen molar-refractivity contribution >= 4 is 35.2 Å². The lowest BCUT2D eigenvalue weighted by atomic mass is 10.3. The first-order chi connectivity index (χ1) is 10.4. The molecule has 1 unspecified atom stereocenters. The van der Waals surface area contributed by atoms with E-state index in [9.17, 15) is 14.4 Å². The molecule has 1 rings (SSSR count). The Kier molecular flexibility index (Phi) is 7.45. The van der Waals surface area contributed by atoms with Gasteiger partial charge >= 0.3 is 5.97 Å². The molecule has 1 aromatic carbocycles. The third kappa shape index (κ3) is 6.62. The van der Waals surface area contributed by atoms with Crippen LogP contribution in [0.4, 0.5) is 5.69 Å². The van der Waals surface area contributed by atoms with Crippen LogP contribution in [0.25, 0.3) is 0 Å². The Balaban J connectivity index is 2.35. The summed E-state index contributed by atoms with van der Waals surface area (Å²) < 4.78 is 0. The first-order valence-corrected chi connectivity index (χ1v) is 7.88. The molecule has 0 radical (unpaired) electrons. The molecule has 0 fully saturated rings. The summed E-state index contributed by atoms with van der Waals surface area (Å²) in [5.41, 5.74) is 0.714. The van der Waals surface area contributed by atoms with E-state index in [0.29, 0.717) is 5.69 Å². The van der Waals surface area contributed by atoms with E-state index >= 15 is 0 Å². The lowest BCUT2D eigenvalue weighted by molar-refractivity contribution is -0.138. The third-order valence-corrected chi connectivity index (χ3v) is 4.04. The van der Waals surface area contributed by atoms with Crippen LogP contribution in [0.2, 0.25) is 0 Å². The number of thioether (sulfide) groups is 1. The van der Waals surface area contributed by atoms with E-state index in [1.807, 2.05) is 18.2 Å². The van der Waals surface area contributed by atoms with Crippen molar-refractivity contribution in [3.05, 3.63) is 30.3 Å². The molecule has 0 aliphatic carbocycles. The molecular weight excluding hydrogens is 304 g/mol. The van der Waals surface area contributed by atoms with Crippen LogP contribution in [0.15, 0.2) is 30.3 Å². The number of benzene rings is 1. The molecule has 0 saturated carbocycles. The second kappa shape index (κ2) is 9.09. The summed E-state index contributed by atoms with van der Waals surface area (Å²) in [5.74, 6) is -1.14. The van der Waals surface area contributed by atoms with Crippen molar-refractivity contribution in [1.82, 2.24) is 4.90 Å². The van der Waals surface area contributed by atoms with E-state index in [-0.39, 0.29) is 30.5 Å². The predicted molar refractivity (Wildman–Crippen MR) is 86.9 cm³/mol. The molecule has 0 aliphatic rings. The molecule has 2 N–H and O–H groups in total. The minimum absolute atomic E-state index is 0.0892. The lowest BCUT2D eigenvalue weighted by Crippen LogP contribution is -2.35. The Hall–Kier alpha value is -2.02. The second-order valence-electron chi connectivity index (χ2n) is 4.77. The summed E-state index contributed by atoms with van der Waals surface area (Å²) in [4.78, 5) is 35.7. The van der Waals surface area contributed by atoms with E-state index in [4.69, 9.17) is 5.11 Å². The van der Waals surface area contributed by atoms with E-state index in [1.165, 1.54) is 16.7 Å². The molecule has 120 valence electrons. The number of nitrogens with zero attached hydrogens (tertiary/aromatic N) is 1. The van der Waals surface area contributed by atoms with Crippen molar-refractivity contribution in [3.63, 3.8) is 0 Å². The van der Waals surface area contributed by atoms with Gasteiger partial charge in [0.15, 0.2) is 0 Å². The number of para-hydroxylation sites is 1. The number of nitrogens with one attached hydrogen (secondary N) is 1. The summed E-state index contributed by atoms with van der Waals surface area (Å²) in [6.45, 7) is 1.87. The van der Waals surface area contributed by atoms with Gasteiger partial charge in [0.25, 0.3) is 0 Å². The number of amides is 2. The average Bonchev–Trinajstić information content (AvgIpc) is 2.50. The first kappa shape index (κ1) is 18.0. The van der Waals surface area contributed by atoms with Gasteiger partial charge in [-0.1, -0.05) is 18.2 Å². The van der Waals surface area contributed by atoms with Crippen LogP contribution in [0.1, 0.15) is 13.3 Å². The van der Waals surface area contributed by atoms with Crippen molar-refractivity contribution in [2.24, 2.45) is 0 Å². The van der Waals surface area contributed by atoms with Gasteiger partial charge < -0.3 is 15.3 Å². The molecule has 0 aliphatic heterocycles. The zero-order valence-corrected chi connectivity index (χ0v) is 13.4. The van der Waals surface area contributed by atoms with Crippen LogP contribution in [0.5, 0.6) is 0 Å². The number of aliphatic carboxylic acids is 1. The van der Waals surface area contributed by atoms with Crippen molar-refractivity contribution in [3.8, 4) is 0 Å². The number of carbonyl (C=O) groups excluding carboxylic acids is 2. The molecule has 22 heavy (non-hydrogen) atoms. The molecule has 1 atom stereocenters. The van der Waals surface area contributed by atoms with Gasteiger partial charge in [-0.2, -0.15) is 0 Å². The maximum absolute atomic E-state index is 12.0. The summed E-state index contributed by atoms with van der Waals surface area (Å²) in [7, 11) is 1.56. The first-order valence-electron chi connectivity index (χ1n) is 6.83. The molecule has 0 saturated heterocycles. The summed E-state index contributed by atoms with van der Waals surface area (Å²) in [6, 6.07) is 9.09.